The van der Waals surface area contributed by atoms with Gasteiger partial charge in [-0.2, -0.15) is 0 Å². The zero-order valence-corrected chi connectivity index (χ0v) is 11.6. The van der Waals surface area contributed by atoms with Gasteiger partial charge in [-0.3, -0.25) is 0 Å². The van der Waals surface area contributed by atoms with Crippen molar-refractivity contribution in [3.05, 3.63) is 17.8 Å². The fourth-order valence-corrected chi connectivity index (χ4v) is 3.79. The maximum Gasteiger partial charge on any atom is 0.165 e. The van der Waals surface area contributed by atoms with Gasteiger partial charge < -0.3 is 9.30 Å². The lowest BCUT2D eigenvalue weighted by atomic mass is 9.87. The van der Waals surface area contributed by atoms with Crippen LogP contribution >= 0.6 is 23.2 Å². The smallest absolute Gasteiger partial charge is 0.165 e. The van der Waals surface area contributed by atoms with E-state index in [1.807, 2.05) is 0 Å². The standard InChI is InChI=1S/C12H12Cl2N4O/c13-3-6-1-7-2-8(10(6)19-7)18-5-17-9-11(14)15-4-16-12(9)18/h4-8,10H,1-3H2/t6-,7-,8-,10+/m0/s1. The Morgan fingerprint density at radius 2 is 2.21 bits per heavy atom. The van der Waals surface area contributed by atoms with E-state index in [4.69, 9.17) is 27.9 Å². The summed E-state index contributed by atoms with van der Waals surface area (Å²) >= 11 is 12.1. The lowest BCUT2D eigenvalue weighted by Gasteiger charge is -2.26. The van der Waals surface area contributed by atoms with Crippen LogP contribution in [0.15, 0.2) is 12.7 Å². The topological polar surface area (TPSA) is 52.8 Å². The molecule has 4 atom stereocenters. The lowest BCUT2D eigenvalue weighted by molar-refractivity contribution is 0.0818. The van der Waals surface area contributed by atoms with E-state index in [2.05, 4.69) is 19.5 Å². The molecular weight excluding hydrogens is 287 g/mol. The van der Waals surface area contributed by atoms with Gasteiger partial charge >= 0.3 is 0 Å². The number of aromatic nitrogens is 4. The molecule has 0 spiro atoms. The first-order valence-corrected chi connectivity index (χ1v) is 7.23. The van der Waals surface area contributed by atoms with Crippen molar-refractivity contribution in [2.24, 2.45) is 5.92 Å². The molecule has 2 bridgehead atoms. The molecule has 2 aliphatic heterocycles. The normalized spacial score (nSPS) is 33.4. The molecule has 4 rings (SSSR count). The average Bonchev–Trinajstić information content (AvgIpc) is 3.11. The van der Waals surface area contributed by atoms with Crippen LogP contribution in [0.4, 0.5) is 0 Å². The van der Waals surface area contributed by atoms with Crippen LogP contribution in [0.5, 0.6) is 0 Å². The van der Waals surface area contributed by atoms with Crippen molar-refractivity contribution in [2.45, 2.75) is 31.1 Å². The van der Waals surface area contributed by atoms with E-state index in [0.717, 1.165) is 18.5 Å². The van der Waals surface area contributed by atoms with Crippen LogP contribution in [0, 0.1) is 5.92 Å². The molecule has 0 aromatic carbocycles. The van der Waals surface area contributed by atoms with Gasteiger partial charge in [0.25, 0.3) is 0 Å². The zero-order valence-electron chi connectivity index (χ0n) is 10.0. The molecule has 0 unspecified atom stereocenters. The van der Waals surface area contributed by atoms with Crippen LogP contribution in [0.25, 0.3) is 11.2 Å². The highest BCUT2D eigenvalue weighted by atomic mass is 35.5. The summed E-state index contributed by atoms with van der Waals surface area (Å²) in [6.45, 7) is 0. The second-order valence-electron chi connectivity index (χ2n) is 5.16. The molecular formula is C12H12Cl2N4O. The van der Waals surface area contributed by atoms with Crippen LogP contribution in [0.3, 0.4) is 0 Å². The van der Waals surface area contributed by atoms with Gasteiger partial charge in [0.05, 0.1) is 24.6 Å². The SMILES string of the molecule is ClC[C@@H]1C[C@H]2C[C@H](n3cnc4c(Cl)ncnc43)[C@@H]1O2. The minimum Gasteiger partial charge on any atom is -0.372 e. The predicted octanol–water partition coefficient (Wildman–Crippen LogP) is 2.44. The predicted molar refractivity (Wildman–Crippen MR) is 71.5 cm³/mol. The van der Waals surface area contributed by atoms with E-state index in [9.17, 15) is 0 Å². The van der Waals surface area contributed by atoms with Gasteiger partial charge in [-0.1, -0.05) is 11.6 Å². The number of rotatable bonds is 2. The molecule has 100 valence electrons. The summed E-state index contributed by atoms with van der Waals surface area (Å²) in [4.78, 5) is 12.6. The first-order valence-electron chi connectivity index (χ1n) is 6.32. The number of alkyl halides is 1. The Morgan fingerprint density at radius 1 is 1.32 bits per heavy atom. The Balaban J connectivity index is 1.77. The second kappa shape index (κ2) is 4.30. The van der Waals surface area contributed by atoms with Crippen LogP contribution in [-0.2, 0) is 4.74 Å². The molecule has 2 aliphatic rings. The van der Waals surface area contributed by atoms with E-state index < -0.39 is 0 Å². The van der Waals surface area contributed by atoms with Crippen LogP contribution < -0.4 is 0 Å². The lowest BCUT2D eigenvalue weighted by Crippen LogP contribution is -2.29. The highest BCUT2D eigenvalue weighted by molar-refractivity contribution is 6.33. The summed E-state index contributed by atoms with van der Waals surface area (Å²) in [5, 5.41) is 0.390. The van der Waals surface area contributed by atoms with Crippen molar-refractivity contribution in [3.8, 4) is 0 Å². The highest BCUT2D eigenvalue weighted by Crippen LogP contribution is 2.46. The Morgan fingerprint density at radius 3 is 3.00 bits per heavy atom. The Labute approximate surface area is 119 Å². The monoisotopic (exact) mass is 298 g/mol. The molecule has 19 heavy (non-hydrogen) atoms. The molecule has 0 radical (unpaired) electrons. The highest BCUT2D eigenvalue weighted by Gasteiger charge is 2.48. The van der Waals surface area contributed by atoms with Crippen LogP contribution in [0.2, 0.25) is 5.15 Å². The zero-order chi connectivity index (χ0) is 13.0. The number of ether oxygens (including phenoxy) is 1. The first kappa shape index (κ1) is 11.9. The molecule has 0 aliphatic carbocycles. The van der Waals surface area contributed by atoms with Gasteiger partial charge in [0.1, 0.15) is 11.8 Å². The maximum absolute atomic E-state index is 6.03. The fraction of sp³-hybridized carbons (Fsp3) is 0.583. The molecule has 4 heterocycles. The van der Waals surface area contributed by atoms with Gasteiger partial charge in [-0.05, 0) is 12.8 Å². The van der Waals surface area contributed by atoms with Crippen molar-refractivity contribution in [1.29, 1.82) is 0 Å². The summed E-state index contributed by atoms with van der Waals surface area (Å²) < 4.78 is 8.04. The minimum atomic E-state index is 0.161. The van der Waals surface area contributed by atoms with E-state index in [0.29, 0.717) is 28.6 Å². The van der Waals surface area contributed by atoms with E-state index >= 15 is 0 Å². The van der Waals surface area contributed by atoms with E-state index in [-0.39, 0.29) is 12.1 Å². The molecule has 5 nitrogen and oxygen atoms in total. The molecule has 2 aromatic rings. The Bertz CT molecular complexity index is 631. The first-order chi connectivity index (χ1) is 9.28. The molecule has 2 aromatic heterocycles. The Hall–Kier alpha value is -0.910. The summed E-state index contributed by atoms with van der Waals surface area (Å²) in [7, 11) is 0. The molecule has 0 amide bonds. The quantitative estimate of drug-likeness (QED) is 0.631. The van der Waals surface area contributed by atoms with Crippen molar-refractivity contribution in [1.82, 2.24) is 19.5 Å². The Kier molecular flexibility index (Phi) is 2.69. The third-order valence-corrected chi connectivity index (χ3v) is 4.81. The van der Waals surface area contributed by atoms with Gasteiger partial charge in [-0.15, -0.1) is 11.6 Å². The molecule has 0 saturated carbocycles. The van der Waals surface area contributed by atoms with Crippen molar-refractivity contribution in [2.75, 3.05) is 5.88 Å². The number of imidazole rings is 1. The molecule has 0 N–H and O–H groups in total. The summed E-state index contributed by atoms with van der Waals surface area (Å²) in [6, 6.07) is 0.249. The van der Waals surface area contributed by atoms with Gasteiger partial charge in [0.15, 0.2) is 10.8 Å². The fourth-order valence-electron chi connectivity index (χ4n) is 3.31. The summed E-state index contributed by atoms with van der Waals surface area (Å²) in [5.41, 5.74) is 1.42. The van der Waals surface area contributed by atoms with Gasteiger partial charge in [-0.25, -0.2) is 15.0 Å². The van der Waals surface area contributed by atoms with Crippen molar-refractivity contribution >= 4 is 34.4 Å². The number of hydrogen-bond donors (Lipinski definition) is 0. The number of nitrogens with zero attached hydrogens (tertiary/aromatic N) is 4. The van der Waals surface area contributed by atoms with Crippen LogP contribution in [0.1, 0.15) is 18.9 Å². The van der Waals surface area contributed by atoms with Gasteiger partial charge in [0, 0.05) is 11.8 Å². The molecule has 2 saturated heterocycles. The van der Waals surface area contributed by atoms with Crippen molar-refractivity contribution in [3.63, 3.8) is 0 Å². The van der Waals surface area contributed by atoms with Gasteiger partial charge in [0.2, 0.25) is 0 Å². The van der Waals surface area contributed by atoms with E-state index in [1.165, 1.54) is 6.33 Å². The third kappa shape index (κ3) is 1.68. The number of fused-ring (bicyclic) bond motifs is 3. The second-order valence-corrected chi connectivity index (χ2v) is 5.83. The van der Waals surface area contributed by atoms with E-state index in [1.54, 1.807) is 6.33 Å². The summed E-state index contributed by atoms with van der Waals surface area (Å²) in [6.07, 6.45) is 5.78. The summed E-state index contributed by atoms with van der Waals surface area (Å²) in [5.74, 6) is 1.06. The molecule has 2 fully saturated rings. The third-order valence-electron chi connectivity index (χ3n) is 4.13. The number of hydrogen-bond acceptors (Lipinski definition) is 4. The molecule has 7 heteroatoms. The van der Waals surface area contributed by atoms with Crippen LogP contribution in [-0.4, -0.2) is 37.6 Å². The maximum atomic E-state index is 6.03. The number of halogens is 2. The van der Waals surface area contributed by atoms with Crippen molar-refractivity contribution < 1.29 is 4.74 Å². The minimum absolute atomic E-state index is 0.161. The average molecular weight is 299 g/mol. The largest absolute Gasteiger partial charge is 0.372 e.